The summed E-state index contributed by atoms with van der Waals surface area (Å²) in [5.74, 6) is 2.25. The van der Waals surface area contributed by atoms with E-state index in [4.69, 9.17) is 0 Å². The Hall–Kier alpha value is -2.41. The summed E-state index contributed by atoms with van der Waals surface area (Å²) in [4.78, 5) is 11.7. The molecule has 0 radical (unpaired) electrons. The summed E-state index contributed by atoms with van der Waals surface area (Å²) in [6.45, 7) is 8.71. The number of nitrogens with zero attached hydrogens (tertiary/aromatic N) is 6. The van der Waals surface area contributed by atoms with E-state index < -0.39 is 0 Å². The molecule has 0 bridgehead atoms. The van der Waals surface area contributed by atoms with Crippen LogP contribution in [0.4, 0.5) is 23.1 Å². The number of hydrogen-bond acceptors (Lipinski definition) is 7. The third-order valence-corrected chi connectivity index (χ3v) is 5.62. The van der Waals surface area contributed by atoms with Crippen LogP contribution < -0.4 is 15.1 Å². The van der Waals surface area contributed by atoms with Crippen LogP contribution >= 0.6 is 0 Å². The van der Waals surface area contributed by atoms with Crippen molar-refractivity contribution in [2.75, 3.05) is 61.4 Å². The normalized spacial score (nSPS) is 19.3. The lowest BCUT2D eigenvalue weighted by Gasteiger charge is -2.34. The number of piperazine rings is 1. The van der Waals surface area contributed by atoms with Crippen LogP contribution in [-0.2, 0) is 0 Å². The van der Waals surface area contributed by atoms with E-state index in [2.05, 4.69) is 73.4 Å². The molecule has 2 aromatic rings. The van der Waals surface area contributed by atoms with Crippen LogP contribution in [0.1, 0.15) is 19.8 Å². The van der Waals surface area contributed by atoms with Gasteiger partial charge >= 0.3 is 0 Å². The first kappa shape index (κ1) is 18.0. The molecule has 2 saturated heterocycles. The highest BCUT2D eigenvalue weighted by Gasteiger charge is 2.19. The molecule has 0 amide bonds. The largest absolute Gasteiger partial charge is 0.369 e. The molecule has 0 saturated carbocycles. The molecule has 1 N–H and O–H groups in total. The minimum atomic E-state index is 0.723. The highest BCUT2D eigenvalue weighted by atomic mass is 15.3. The number of anilines is 4. The molecule has 27 heavy (non-hydrogen) atoms. The second kappa shape index (κ2) is 8.08. The Morgan fingerprint density at radius 3 is 2.33 bits per heavy atom. The number of hydrogen-bond donors (Lipinski definition) is 1. The van der Waals surface area contributed by atoms with Crippen LogP contribution in [0.3, 0.4) is 0 Å². The fraction of sp³-hybridized carbons (Fsp3) is 0.550. The van der Waals surface area contributed by atoms with Gasteiger partial charge < -0.3 is 20.0 Å². The predicted octanol–water partition coefficient (Wildman–Crippen LogP) is 2.60. The summed E-state index contributed by atoms with van der Waals surface area (Å²) < 4.78 is 0. The van der Waals surface area contributed by atoms with Gasteiger partial charge in [-0.1, -0.05) is 6.92 Å². The average molecular weight is 368 g/mol. The summed E-state index contributed by atoms with van der Waals surface area (Å²) in [5, 5.41) is 11.7. The van der Waals surface area contributed by atoms with Gasteiger partial charge in [0.15, 0.2) is 5.82 Å². The van der Waals surface area contributed by atoms with Gasteiger partial charge in [0.2, 0.25) is 5.95 Å². The van der Waals surface area contributed by atoms with Crippen LogP contribution in [0, 0.1) is 5.92 Å². The van der Waals surface area contributed by atoms with Gasteiger partial charge in [-0.25, -0.2) is 0 Å². The van der Waals surface area contributed by atoms with Gasteiger partial charge in [-0.3, -0.25) is 0 Å². The Kier molecular flexibility index (Phi) is 5.38. The minimum absolute atomic E-state index is 0.723. The maximum Gasteiger partial charge on any atom is 0.247 e. The zero-order chi connectivity index (χ0) is 18.6. The van der Waals surface area contributed by atoms with Crippen molar-refractivity contribution in [3.8, 4) is 0 Å². The second-order valence-corrected chi connectivity index (χ2v) is 7.77. The first-order valence-corrected chi connectivity index (χ1v) is 9.92. The Bertz CT molecular complexity index is 732. The number of rotatable bonds is 4. The van der Waals surface area contributed by atoms with Crippen LogP contribution in [0.2, 0.25) is 0 Å². The van der Waals surface area contributed by atoms with Crippen molar-refractivity contribution in [2.45, 2.75) is 19.8 Å². The second-order valence-electron chi connectivity index (χ2n) is 7.77. The standard InChI is InChI=1S/C20H29N7/c1-16-7-9-27(10-8-16)20-23-19(15-21-24-20)22-17-3-5-18(6-4-17)26-13-11-25(2)12-14-26/h3-6,15-16H,7-14H2,1-2H3,(H,22,23,24). The maximum absolute atomic E-state index is 4.66. The first-order valence-electron chi connectivity index (χ1n) is 9.92. The van der Waals surface area contributed by atoms with Crippen LogP contribution in [0.15, 0.2) is 30.5 Å². The van der Waals surface area contributed by atoms with E-state index in [1.54, 1.807) is 6.20 Å². The van der Waals surface area contributed by atoms with Crippen molar-refractivity contribution >= 4 is 23.1 Å². The number of likely N-dealkylation sites (N-methyl/N-ethyl adjacent to an activating group) is 1. The van der Waals surface area contributed by atoms with Crippen molar-refractivity contribution in [1.29, 1.82) is 0 Å². The van der Waals surface area contributed by atoms with Gasteiger partial charge in [0.1, 0.15) is 0 Å². The quantitative estimate of drug-likeness (QED) is 0.891. The van der Waals surface area contributed by atoms with Crippen molar-refractivity contribution < 1.29 is 0 Å². The van der Waals surface area contributed by atoms with Gasteiger partial charge in [-0.15, -0.1) is 5.10 Å². The molecular weight excluding hydrogens is 338 g/mol. The highest BCUT2D eigenvalue weighted by molar-refractivity contribution is 5.61. The fourth-order valence-electron chi connectivity index (χ4n) is 3.67. The maximum atomic E-state index is 4.66. The predicted molar refractivity (Wildman–Crippen MR) is 110 cm³/mol. The zero-order valence-electron chi connectivity index (χ0n) is 16.3. The summed E-state index contributed by atoms with van der Waals surface area (Å²) in [6, 6.07) is 8.57. The van der Waals surface area contributed by atoms with Crippen molar-refractivity contribution in [2.24, 2.45) is 5.92 Å². The van der Waals surface area contributed by atoms with Crippen molar-refractivity contribution in [3.63, 3.8) is 0 Å². The van der Waals surface area contributed by atoms with E-state index in [0.717, 1.165) is 62.6 Å². The van der Waals surface area contributed by atoms with E-state index >= 15 is 0 Å². The van der Waals surface area contributed by atoms with E-state index in [1.807, 2.05) is 0 Å². The molecule has 144 valence electrons. The SMILES string of the molecule is CC1CCN(c2nncc(Nc3ccc(N4CCN(C)CC4)cc3)n2)CC1. The fourth-order valence-corrected chi connectivity index (χ4v) is 3.67. The van der Waals surface area contributed by atoms with Gasteiger partial charge in [-0.05, 0) is 50.1 Å². The number of benzene rings is 1. The Labute approximate surface area is 161 Å². The molecule has 2 aliphatic heterocycles. The van der Waals surface area contributed by atoms with E-state index in [9.17, 15) is 0 Å². The van der Waals surface area contributed by atoms with Gasteiger partial charge in [0, 0.05) is 50.6 Å². The van der Waals surface area contributed by atoms with Gasteiger partial charge in [-0.2, -0.15) is 10.1 Å². The highest BCUT2D eigenvalue weighted by Crippen LogP contribution is 2.23. The first-order chi connectivity index (χ1) is 13.2. The van der Waals surface area contributed by atoms with Gasteiger partial charge in [0.05, 0.1) is 6.20 Å². The Balaban J connectivity index is 1.39. The molecule has 3 heterocycles. The smallest absolute Gasteiger partial charge is 0.247 e. The Morgan fingerprint density at radius 1 is 0.926 bits per heavy atom. The van der Waals surface area contributed by atoms with E-state index in [1.165, 1.54) is 18.5 Å². The number of aromatic nitrogens is 3. The summed E-state index contributed by atoms with van der Waals surface area (Å²) in [6.07, 6.45) is 4.06. The number of piperidine rings is 1. The van der Waals surface area contributed by atoms with Crippen LogP contribution in [0.25, 0.3) is 0 Å². The average Bonchev–Trinajstić information content (AvgIpc) is 2.70. The molecule has 2 fully saturated rings. The van der Waals surface area contributed by atoms with Crippen LogP contribution in [0.5, 0.6) is 0 Å². The lowest BCUT2D eigenvalue weighted by atomic mass is 10.00. The molecule has 2 aliphatic rings. The topological polar surface area (TPSA) is 60.4 Å². The molecule has 7 nitrogen and oxygen atoms in total. The van der Waals surface area contributed by atoms with E-state index in [0.29, 0.717) is 0 Å². The third-order valence-electron chi connectivity index (χ3n) is 5.62. The molecule has 7 heteroatoms. The molecule has 4 rings (SSSR count). The molecule has 0 spiro atoms. The van der Waals surface area contributed by atoms with Crippen molar-refractivity contribution in [1.82, 2.24) is 20.1 Å². The lowest BCUT2D eigenvalue weighted by Crippen LogP contribution is -2.44. The summed E-state index contributed by atoms with van der Waals surface area (Å²) >= 11 is 0. The zero-order valence-corrected chi connectivity index (χ0v) is 16.3. The molecular formula is C20H29N7. The van der Waals surface area contributed by atoms with Crippen LogP contribution in [-0.4, -0.2) is 66.4 Å². The molecule has 1 aromatic heterocycles. The third kappa shape index (κ3) is 4.47. The van der Waals surface area contributed by atoms with Gasteiger partial charge in [0.25, 0.3) is 0 Å². The summed E-state index contributed by atoms with van der Waals surface area (Å²) in [7, 11) is 2.18. The Morgan fingerprint density at radius 2 is 1.63 bits per heavy atom. The molecule has 1 aromatic carbocycles. The monoisotopic (exact) mass is 367 g/mol. The summed E-state index contributed by atoms with van der Waals surface area (Å²) in [5.41, 5.74) is 2.30. The lowest BCUT2D eigenvalue weighted by molar-refractivity contribution is 0.313. The van der Waals surface area contributed by atoms with E-state index in [-0.39, 0.29) is 0 Å². The van der Waals surface area contributed by atoms with Crippen molar-refractivity contribution in [3.05, 3.63) is 30.5 Å². The minimum Gasteiger partial charge on any atom is -0.369 e. The molecule has 0 atom stereocenters. The molecule has 0 aliphatic carbocycles. The molecule has 0 unspecified atom stereocenters. The number of nitrogens with one attached hydrogen (secondary N) is 1.